The Morgan fingerprint density at radius 2 is 1.71 bits per heavy atom. The van der Waals surface area contributed by atoms with Gasteiger partial charge < -0.3 is 11.1 Å². The summed E-state index contributed by atoms with van der Waals surface area (Å²) < 4.78 is 0. The molecular formula is C21H20N2O. The van der Waals surface area contributed by atoms with Gasteiger partial charge in [0.05, 0.1) is 6.42 Å². The second kappa shape index (κ2) is 6.10. The lowest BCUT2D eigenvalue weighted by Crippen LogP contribution is -2.14. The molecule has 3 nitrogen and oxygen atoms in total. The van der Waals surface area contributed by atoms with Gasteiger partial charge in [-0.1, -0.05) is 54.6 Å². The van der Waals surface area contributed by atoms with E-state index in [-0.39, 0.29) is 5.91 Å². The molecule has 4 rings (SSSR count). The van der Waals surface area contributed by atoms with Crippen molar-refractivity contribution < 1.29 is 4.79 Å². The first kappa shape index (κ1) is 14.9. The van der Waals surface area contributed by atoms with Crippen LogP contribution in [0.3, 0.4) is 0 Å². The molecule has 1 aliphatic carbocycles. The highest BCUT2D eigenvalue weighted by molar-refractivity contribution is 5.96. The molecule has 0 saturated heterocycles. The van der Waals surface area contributed by atoms with E-state index in [1.165, 1.54) is 5.56 Å². The predicted octanol–water partition coefficient (Wildman–Crippen LogP) is 3.84. The third-order valence-corrected chi connectivity index (χ3v) is 4.69. The van der Waals surface area contributed by atoms with Crippen molar-refractivity contribution in [2.24, 2.45) is 5.73 Å². The summed E-state index contributed by atoms with van der Waals surface area (Å²) in [5.41, 5.74) is 9.02. The molecule has 120 valence electrons. The Morgan fingerprint density at radius 3 is 2.46 bits per heavy atom. The lowest BCUT2D eigenvalue weighted by Gasteiger charge is -2.09. The van der Waals surface area contributed by atoms with Gasteiger partial charge in [-0.05, 0) is 40.5 Å². The first-order valence-corrected chi connectivity index (χ1v) is 8.33. The zero-order chi connectivity index (χ0) is 16.5. The zero-order valence-corrected chi connectivity index (χ0v) is 13.4. The van der Waals surface area contributed by atoms with E-state index in [2.05, 4.69) is 35.6 Å². The Hall–Kier alpha value is -2.65. The molecule has 1 saturated carbocycles. The van der Waals surface area contributed by atoms with E-state index in [9.17, 15) is 4.79 Å². The van der Waals surface area contributed by atoms with E-state index in [0.717, 1.165) is 28.4 Å². The normalized spacial score (nSPS) is 19.2. The summed E-state index contributed by atoms with van der Waals surface area (Å²) in [5.74, 6) is 0.493. The smallest absolute Gasteiger partial charge is 0.228 e. The molecule has 0 aliphatic heterocycles. The maximum Gasteiger partial charge on any atom is 0.228 e. The molecule has 3 aromatic carbocycles. The predicted molar refractivity (Wildman–Crippen MR) is 98.1 cm³/mol. The van der Waals surface area contributed by atoms with Gasteiger partial charge in [0.1, 0.15) is 0 Å². The van der Waals surface area contributed by atoms with Crippen molar-refractivity contribution in [3.63, 3.8) is 0 Å². The molecular weight excluding hydrogens is 296 g/mol. The zero-order valence-electron chi connectivity index (χ0n) is 13.4. The van der Waals surface area contributed by atoms with Gasteiger partial charge in [0.25, 0.3) is 0 Å². The van der Waals surface area contributed by atoms with Gasteiger partial charge in [-0.2, -0.15) is 0 Å². The molecule has 3 heteroatoms. The fraction of sp³-hybridized carbons (Fsp3) is 0.190. The molecule has 0 spiro atoms. The lowest BCUT2D eigenvalue weighted by atomic mass is 10.0. The Balaban J connectivity index is 1.46. The highest BCUT2D eigenvalue weighted by Crippen LogP contribution is 2.39. The Morgan fingerprint density at radius 1 is 1.00 bits per heavy atom. The maximum absolute atomic E-state index is 12.4. The number of amides is 1. The Labute approximate surface area is 141 Å². The van der Waals surface area contributed by atoms with Crippen LogP contribution in [0.4, 0.5) is 5.69 Å². The van der Waals surface area contributed by atoms with Gasteiger partial charge in [0, 0.05) is 17.6 Å². The van der Waals surface area contributed by atoms with Crippen LogP contribution < -0.4 is 11.1 Å². The summed E-state index contributed by atoms with van der Waals surface area (Å²) in [7, 11) is 0. The van der Waals surface area contributed by atoms with E-state index >= 15 is 0 Å². The minimum atomic E-state index is 0.00206. The van der Waals surface area contributed by atoms with E-state index in [1.54, 1.807) is 0 Å². The second-order valence-corrected chi connectivity index (χ2v) is 6.49. The molecule has 0 aromatic heterocycles. The molecule has 0 bridgehead atoms. The highest BCUT2D eigenvalue weighted by atomic mass is 16.1. The van der Waals surface area contributed by atoms with Gasteiger partial charge in [-0.25, -0.2) is 0 Å². The van der Waals surface area contributed by atoms with Crippen molar-refractivity contribution in [1.29, 1.82) is 0 Å². The Bertz CT molecular complexity index is 880. The molecule has 2 unspecified atom stereocenters. The SMILES string of the molecule is NC1CC1c1ccc(NC(=O)Cc2cccc3ccccc23)cc1. The van der Waals surface area contributed by atoms with Crippen molar-refractivity contribution in [3.8, 4) is 0 Å². The number of hydrogen-bond acceptors (Lipinski definition) is 2. The molecule has 1 aliphatic rings. The summed E-state index contributed by atoms with van der Waals surface area (Å²) >= 11 is 0. The molecule has 3 N–H and O–H groups in total. The third kappa shape index (κ3) is 3.03. The summed E-state index contributed by atoms with van der Waals surface area (Å²) in [4.78, 5) is 12.4. The number of benzene rings is 3. The summed E-state index contributed by atoms with van der Waals surface area (Å²) in [6, 6.07) is 22.6. The maximum atomic E-state index is 12.4. The van der Waals surface area contributed by atoms with Gasteiger partial charge in [0.15, 0.2) is 0 Å². The summed E-state index contributed by atoms with van der Waals surface area (Å²) in [6.45, 7) is 0. The molecule has 2 atom stereocenters. The molecule has 1 amide bonds. The average Bonchev–Trinajstić information content (AvgIpc) is 3.33. The van der Waals surface area contributed by atoms with Crippen molar-refractivity contribution in [3.05, 3.63) is 77.9 Å². The Kier molecular flexibility index (Phi) is 3.79. The minimum absolute atomic E-state index is 0.00206. The topological polar surface area (TPSA) is 55.1 Å². The van der Waals surface area contributed by atoms with Crippen molar-refractivity contribution in [2.75, 3.05) is 5.32 Å². The molecule has 3 aromatic rings. The summed E-state index contributed by atoms with van der Waals surface area (Å²) in [6.07, 6.45) is 1.43. The highest BCUT2D eigenvalue weighted by Gasteiger charge is 2.34. The number of rotatable bonds is 4. The first-order chi connectivity index (χ1) is 11.7. The van der Waals surface area contributed by atoms with Crippen LogP contribution in [0.5, 0.6) is 0 Å². The van der Waals surface area contributed by atoms with E-state index < -0.39 is 0 Å². The number of nitrogens with one attached hydrogen (secondary N) is 1. The fourth-order valence-electron chi connectivity index (χ4n) is 3.24. The quantitative estimate of drug-likeness (QED) is 0.768. The fourth-order valence-corrected chi connectivity index (χ4v) is 3.24. The van der Waals surface area contributed by atoms with Crippen molar-refractivity contribution in [2.45, 2.75) is 24.8 Å². The molecule has 24 heavy (non-hydrogen) atoms. The standard InChI is InChI=1S/C21H20N2O/c22-20-13-19(20)15-8-10-17(11-9-15)23-21(24)12-16-6-3-5-14-4-1-2-7-18(14)16/h1-11,19-20H,12-13,22H2,(H,23,24). The lowest BCUT2D eigenvalue weighted by molar-refractivity contribution is -0.115. The minimum Gasteiger partial charge on any atom is -0.327 e. The average molecular weight is 316 g/mol. The number of carbonyl (C=O) groups is 1. The summed E-state index contributed by atoms with van der Waals surface area (Å²) in [5, 5.41) is 5.28. The van der Waals surface area contributed by atoms with Crippen molar-refractivity contribution >= 4 is 22.4 Å². The van der Waals surface area contributed by atoms with Gasteiger partial charge in [0.2, 0.25) is 5.91 Å². The largest absolute Gasteiger partial charge is 0.327 e. The molecule has 0 radical (unpaired) electrons. The molecule has 0 heterocycles. The van der Waals surface area contributed by atoms with E-state index in [0.29, 0.717) is 18.4 Å². The second-order valence-electron chi connectivity index (χ2n) is 6.49. The monoisotopic (exact) mass is 316 g/mol. The van der Waals surface area contributed by atoms with Crippen LogP contribution in [-0.2, 0) is 11.2 Å². The van der Waals surface area contributed by atoms with Crippen LogP contribution in [-0.4, -0.2) is 11.9 Å². The number of anilines is 1. The van der Waals surface area contributed by atoms with Gasteiger partial charge in [-0.15, -0.1) is 0 Å². The number of carbonyl (C=O) groups excluding carboxylic acids is 1. The van der Waals surface area contributed by atoms with Gasteiger partial charge in [-0.3, -0.25) is 4.79 Å². The van der Waals surface area contributed by atoms with E-state index in [1.807, 2.05) is 36.4 Å². The first-order valence-electron chi connectivity index (χ1n) is 8.33. The van der Waals surface area contributed by atoms with E-state index in [4.69, 9.17) is 5.73 Å². The van der Waals surface area contributed by atoms with Crippen LogP contribution in [0.1, 0.15) is 23.5 Å². The van der Waals surface area contributed by atoms with Gasteiger partial charge >= 0.3 is 0 Å². The van der Waals surface area contributed by atoms with Crippen LogP contribution in [0.2, 0.25) is 0 Å². The number of hydrogen-bond donors (Lipinski definition) is 2. The van der Waals surface area contributed by atoms with Crippen LogP contribution in [0.25, 0.3) is 10.8 Å². The van der Waals surface area contributed by atoms with Crippen LogP contribution in [0.15, 0.2) is 66.7 Å². The van der Waals surface area contributed by atoms with Crippen LogP contribution in [0, 0.1) is 0 Å². The number of nitrogens with two attached hydrogens (primary N) is 1. The van der Waals surface area contributed by atoms with Crippen LogP contribution >= 0.6 is 0 Å². The number of fused-ring (bicyclic) bond motifs is 1. The molecule has 1 fully saturated rings. The van der Waals surface area contributed by atoms with Crippen molar-refractivity contribution in [1.82, 2.24) is 0 Å². The third-order valence-electron chi connectivity index (χ3n) is 4.69.